The van der Waals surface area contributed by atoms with Crippen molar-refractivity contribution in [2.45, 2.75) is 96.4 Å². The van der Waals surface area contributed by atoms with Gasteiger partial charge in [0.1, 0.15) is 0 Å². The maximum atomic E-state index is 11.6. The molecule has 10 atom stereocenters. The van der Waals surface area contributed by atoms with Crippen LogP contribution in [0.1, 0.15) is 78.6 Å². The molecule has 5 rings (SSSR count). The number of nitrogens with zero attached hydrogens (tertiary/aromatic N) is 2. The van der Waals surface area contributed by atoms with Crippen LogP contribution in [-0.2, 0) is 4.79 Å². The fourth-order valence-electron chi connectivity index (χ4n) is 8.99. The second-order valence-electron chi connectivity index (χ2n) is 11.9. The summed E-state index contributed by atoms with van der Waals surface area (Å²) >= 11 is 0. The van der Waals surface area contributed by atoms with Gasteiger partial charge < -0.3 is 15.3 Å². The monoisotopic (exact) mass is 418 g/mol. The van der Waals surface area contributed by atoms with E-state index in [1.165, 1.54) is 0 Å². The highest BCUT2D eigenvalue weighted by Crippen LogP contribution is 2.72. The molecule has 0 radical (unpaired) electrons. The van der Waals surface area contributed by atoms with Crippen molar-refractivity contribution in [1.82, 2.24) is 0 Å². The molecule has 0 aromatic heterocycles. The Morgan fingerprint density at radius 1 is 1.10 bits per heavy atom. The van der Waals surface area contributed by atoms with Crippen molar-refractivity contribution in [3.05, 3.63) is 0 Å². The average Bonchev–Trinajstić information content (AvgIpc) is 3.35. The van der Waals surface area contributed by atoms with Crippen molar-refractivity contribution < 1.29 is 20.1 Å². The number of fused-ring (bicyclic) bond motifs is 6. The van der Waals surface area contributed by atoms with Gasteiger partial charge in [0.15, 0.2) is 5.66 Å². The van der Waals surface area contributed by atoms with Gasteiger partial charge in [0.2, 0.25) is 0 Å². The average molecular weight is 419 g/mol. The summed E-state index contributed by atoms with van der Waals surface area (Å²) in [6.45, 7) is 6.87. The summed E-state index contributed by atoms with van der Waals surface area (Å²) < 4.78 is 0. The molecule has 0 saturated heterocycles. The van der Waals surface area contributed by atoms with Crippen molar-refractivity contribution in [3.63, 3.8) is 0 Å². The molecule has 4 fully saturated rings. The molecule has 0 aromatic rings. The first-order chi connectivity index (χ1) is 14.1. The van der Waals surface area contributed by atoms with Crippen molar-refractivity contribution in [2.24, 2.45) is 56.6 Å². The lowest BCUT2D eigenvalue weighted by Crippen LogP contribution is -2.63. The molecular formula is C24H38N2O4. The van der Waals surface area contributed by atoms with Gasteiger partial charge in [-0.1, -0.05) is 20.8 Å². The van der Waals surface area contributed by atoms with E-state index in [9.17, 15) is 15.0 Å². The van der Waals surface area contributed by atoms with Gasteiger partial charge in [0.05, 0.1) is 12.2 Å². The summed E-state index contributed by atoms with van der Waals surface area (Å²) in [5, 5.41) is 40.4. The number of hydrogen-bond acceptors (Lipinski definition) is 5. The van der Waals surface area contributed by atoms with Crippen LogP contribution in [0.3, 0.4) is 0 Å². The predicted molar refractivity (Wildman–Crippen MR) is 112 cm³/mol. The molecule has 0 bridgehead atoms. The highest BCUT2D eigenvalue weighted by Gasteiger charge is 2.72. The molecule has 1 aliphatic heterocycles. The SMILES string of the molecule is C[C@H](CCC(=O)O)[C@H]1CC[C@H]2[C@H]3[C@H](C[C@H](O)[C@]12C)[C@@]1(C)CC[C@@H](O)C[C@H]1CC31N=N1. The molecule has 3 N–H and O–H groups in total. The van der Waals surface area contributed by atoms with E-state index in [4.69, 9.17) is 5.11 Å². The molecule has 0 aromatic carbocycles. The standard InChI is InChI=1S/C24H38N2O4/c1-13(4-7-20(29)30)16-5-6-17-21-18(11-19(28)23(16,17)3)22(2)9-8-15(27)10-14(22)12-24(21)25-26-24/h13-19,21,27-28H,4-12H2,1-3H3,(H,29,30)/t13-,14+,15-,16-,17+,18+,19+,21+,22+,23-/m1/s1. The van der Waals surface area contributed by atoms with Crippen LogP contribution in [-0.4, -0.2) is 39.2 Å². The minimum Gasteiger partial charge on any atom is -0.481 e. The van der Waals surface area contributed by atoms with Gasteiger partial charge in [-0.3, -0.25) is 4.79 Å². The molecule has 168 valence electrons. The van der Waals surface area contributed by atoms with E-state index < -0.39 is 5.97 Å². The van der Waals surface area contributed by atoms with Crippen LogP contribution in [0.5, 0.6) is 0 Å². The zero-order chi connectivity index (χ0) is 21.5. The fourth-order valence-corrected chi connectivity index (χ4v) is 8.99. The third-order valence-electron chi connectivity index (χ3n) is 10.7. The van der Waals surface area contributed by atoms with Gasteiger partial charge in [0.25, 0.3) is 0 Å². The van der Waals surface area contributed by atoms with E-state index in [1.807, 2.05) is 0 Å². The number of hydrogen-bond donors (Lipinski definition) is 3. The van der Waals surface area contributed by atoms with Crippen molar-refractivity contribution in [2.75, 3.05) is 0 Å². The molecule has 6 heteroatoms. The highest BCUT2D eigenvalue weighted by molar-refractivity contribution is 5.66. The molecular weight excluding hydrogens is 380 g/mol. The van der Waals surface area contributed by atoms with E-state index in [0.717, 1.165) is 44.9 Å². The highest BCUT2D eigenvalue weighted by atomic mass is 16.4. The van der Waals surface area contributed by atoms with E-state index >= 15 is 0 Å². The minimum atomic E-state index is -0.730. The second kappa shape index (κ2) is 6.74. The van der Waals surface area contributed by atoms with Crippen molar-refractivity contribution in [3.8, 4) is 0 Å². The van der Waals surface area contributed by atoms with E-state index in [-0.39, 0.29) is 35.1 Å². The number of aliphatic hydroxyl groups is 2. The fraction of sp³-hybridized carbons (Fsp3) is 0.958. The molecule has 4 saturated carbocycles. The minimum absolute atomic E-state index is 0.151. The summed E-state index contributed by atoms with van der Waals surface area (Å²) in [4.78, 5) is 11.1. The van der Waals surface area contributed by atoms with Crippen LogP contribution in [0, 0.1) is 46.3 Å². The van der Waals surface area contributed by atoms with E-state index in [0.29, 0.717) is 41.9 Å². The van der Waals surface area contributed by atoms with Gasteiger partial charge in [-0.2, -0.15) is 10.2 Å². The molecule has 1 spiro atoms. The largest absolute Gasteiger partial charge is 0.481 e. The van der Waals surface area contributed by atoms with Crippen LogP contribution >= 0.6 is 0 Å². The molecule has 30 heavy (non-hydrogen) atoms. The Hall–Kier alpha value is -1.01. The summed E-state index contributed by atoms with van der Waals surface area (Å²) in [7, 11) is 0. The van der Waals surface area contributed by atoms with Crippen LogP contribution < -0.4 is 0 Å². The van der Waals surface area contributed by atoms with E-state index in [2.05, 4.69) is 31.0 Å². The number of carbonyl (C=O) groups is 1. The predicted octanol–water partition coefficient (Wildman–Crippen LogP) is 4.25. The smallest absolute Gasteiger partial charge is 0.303 e. The molecule has 6 nitrogen and oxygen atoms in total. The Kier molecular flexibility index (Phi) is 4.69. The summed E-state index contributed by atoms with van der Waals surface area (Å²) in [6.07, 6.45) is 6.98. The third-order valence-corrected chi connectivity index (χ3v) is 10.7. The normalized spacial score (nSPS) is 51.7. The zero-order valence-corrected chi connectivity index (χ0v) is 18.6. The Morgan fingerprint density at radius 3 is 2.50 bits per heavy atom. The summed E-state index contributed by atoms with van der Waals surface area (Å²) in [5.74, 6) is 1.53. The van der Waals surface area contributed by atoms with E-state index in [1.54, 1.807) is 0 Å². The Morgan fingerprint density at radius 2 is 1.83 bits per heavy atom. The van der Waals surface area contributed by atoms with Gasteiger partial charge >= 0.3 is 5.97 Å². The zero-order valence-electron chi connectivity index (χ0n) is 18.6. The maximum absolute atomic E-state index is 11.6. The maximum Gasteiger partial charge on any atom is 0.303 e. The molecule has 5 aliphatic rings. The molecule has 4 aliphatic carbocycles. The van der Waals surface area contributed by atoms with Crippen LogP contribution in [0.15, 0.2) is 10.2 Å². The van der Waals surface area contributed by atoms with Gasteiger partial charge in [0, 0.05) is 18.8 Å². The van der Waals surface area contributed by atoms with Gasteiger partial charge in [-0.05, 0) is 85.4 Å². The summed E-state index contributed by atoms with van der Waals surface area (Å²) in [6, 6.07) is 0. The van der Waals surface area contributed by atoms with Crippen molar-refractivity contribution in [1.29, 1.82) is 0 Å². The Bertz CT molecular complexity index is 749. The lowest BCUT2D eigenvalue weighted by Gasteiger charge is -2.63. The lowest BCUT2D eigenvalue weighted by molar-refractivity contribution is -0.187. The third kappa shape index (κ3) is 2.78. The first kappa shape index (κ1) is 20.9. The van der Waals surface area contributed by atoms with Gasteiger partial charge in [-0.25, -0.2) is 0 Å². The Balaban J connectivity index is 1.46. The number of rotatable bonds is 4. The number of carboxylic acids is 1. The molecule has 1 heterocycles. The number of aliphatic hydroxyl groups excluding tert-OH is 2. The van der Waals surface area contributed by atoms with Crippen molar-refractivity contribution >= 4 is 5.97 Å². The van der Waals surface area contributed by atoms with Gasteiger partial charge in [-0.15, -0.1) is 0 Å². The Labute approximate surface area is 179 Å². The first-order valence-electron chi connectivity index (χ1n) is 12.1. The summed E-state index contributed by atoms with van der Waals surface area (Å²) in [5.41, 5.74) is -0.313. The quantitative estimate of drug-likeness (QED) is 0.635. The lowest BCUT2D eigenvalue weighted by atomic mass is 9.42. The molecule has 0 amide bonds. The second-order valence-corrected chi connectivity index (χ2v) is 11.9. The van der Waals surface area contributed by atoms with Crippen LogP contribution in [0.4, 0.5) is 0 Å². The molecule has 0 unspecified atom stereocenters. The first-order valence-corrected chi connectivity index (χ1v) is 12.1. The number of aliphatic carboxylic acids is 1. The van der Waals surface area contributed by atoms with Crippen LogP contribution in [0.2, 0.25) is 0 Å². The topological polar surface area (TPSA) is 102 Å². The number of carboxylic acid groups (broad SMARTS) is 1. The van der Waals surface area contributed by atoms with Crippen LogP contribution in [0.25, 0.3) is 0 Å².